The molecule has 58 heavy (non-hydrogen) atoms. The van der Waals surface area contributed by atoms with Crippen molar-refractivity contribution in [3.05, 3.63) is 144 Å². The topological polar surface area (TPSA) is 146 Å². The third kappa shape index (κ3) is 11.9. The number of benzene rings is 4. The minimum atomic E-state index is -2.57. The molecule has 4 aromatic rings. The Morgan fingerprint density at radius 3 is 1.09 bits per heavy atom. The van der Waals surface area contributed by atoms with Crippen LogP contribution in [-0.2, 0) is 37.5 Å². The molecular formula is C45H56N2O9Si2. The summed E-state index contributed by atoms with van der Waals surface area (Å²) in [6, 6.07) is 32.8. The number of amides is 4. The van der Waals surface area contributed by atoms with Gasteiger partial charge in [-0.25, -0.2) is 14.4 Å². The molecule has 4 amide bonds. The van der Waals surface area contributed by atoms with Crippen LogP contribution >= 0.6 is 0 Å². The molecule has 4 aromatic carbocycles. The van der Waals surface area contributed by atoms with Crippen molar-refractivity contribution < 1.29 is 42.3 Å². The van der Waals surface area contributed by atoms with Gasteiger partial charge in [0.25, 0.3) is 11.8 Å². The predicted molar refractivity (Wildman–Crippen MR) is 227 cm³/mol. The van der Waals surface area contributed by atoms with Gasteiger partial charge < -0.3 is 18.3 Å². The van der Waals surface area contributed by atoms with E-state index in [-0.39, 0.29) is 21.2 Å². The fourth-order valence-electron chi connectivity index (χ4n) is 5.25. The number of carbonyl (C=O) groups is 5. The summed E-state index contributed by atoms with van der Waals surface area (Å²) in [6.45, 7) is 20.2. The standard InChI is InChI=1S/C45H56N2O9Si2/c1-44(2,3)57(7,8)55-36(32-25-17-12-18-26-32)40(49)47-43(52)46-39(48)35(31-23-15-11-16-24-31)53-41(50)37(33-27-19-13-20-28-33)54-42(51)38(34-29-21-14-22-30-34)56-58(9,10)45(4,5)6/h11-30,35-38H,1-10H3,(H2,46,47,48,49,52)/t35-,36-,37-,38-/m0/s1. The third-order valence-corrected chi connectivity index (χ3v) is 19.6. The van der Waals surface area contributed by atoms with Gasteiger partial charge in [0.15, 0.2) is 28.8 Å². The summed E-state index contributed by atoms with van der Waals surface area (Å²) in [5.41, 5.74) is 1.58. The van der Waals surface area contributed by atoms with Gasteiger partial charge in [0.2, 0.25) is 12.2 Å². The zero-order valence-corrected chi connectivity index (χ0v) is 37.0. The van der Waals surface area contributed by atoms with E-state index in [9.17, 15) is 24.0 Å². The molecule has 0 heterocycles. The summed E-state index contributed by atoms with van der Waals surface area (Å²) < 4.78 is 24.9. The molecule has 0 spiro atoms. The van der Waals surface area contributed by atoms with Gasteiger partial charge in [-0.15, -0.1) is 0 Å². The van der Waals surface area contributed by atoms with Gasteiger partial charge in [-0.2, -0.15) is 0 Å². The van der Waals surface area contributed by atoms with Crippen LogP contribution in [0.3, 0.4) is 0 Å². The molecule has 0 aliphatic carbocycles. The highest BCUT2D eigenvalue weighted by Crippen LogP contribution is 2.41. The van der Waals surface area contributed by atoms with Gasteiger partial charge in [-0.3, -0.25) is 20.2 Å². The number of esters is 2. The predicted octanol–water partition coefficient (Wildman–Crippen LogP) is 9.43. The largest absolute Gasteiger partial charge is 0.444 e. The second-order valence-electron chi connectivity index (χ2n) is 17.1. The summed E-state index contributed by atoms with van der Waals surface area (Å²) in [5.74, 6) is -3.73. The van der Waals surface area contributed by atoms with Crippen LogP contribution < -0.4 is 10.6 Å². The summed E-state index contributed by atoms with van der Waals surface area (Å²) in [6.07, 6.45) is -5.64. The number of urea groups is 1. The number of nitrogens with one attached hydrogen (secondary N) is 2. The van der Waals surface area contributed by atoms with Crippen molar-refractivity contribution in [2.24, 2.45) is 0 Å². The van der Waals surface area contributed by atoms with Crippen molar-refractivity contribution >= 4 is 46.4 Å². The molecular weight excluding hydrogens is 769 g/mol. The lowest BCUT2D eigenvalue weighted by Gasteiger charge is -2.38. The zero-order chi connectivity index (χ0) is 42.9. The number of imide groups is 2. The van der Waals surface area contributed by atoms with E-state index < -0.39 is 70.8 Å². The summed E-state index contributed by atoms with van der Waals surface area (Å²) in [5, 5.41) is 3.89. The van der Waals surface area contributed by atoms with E-state index in [0.717, 1.165) is 0 Å². The fourth-order valence-corrected chi connectivity index (χ4v) is 7.61. The normalized spacial score (nSPS) is 14.2. The average Bonchev–Trinajstić information content (AvgIpc) is 3.17. The molecule has 0 bridgehead atoms. The maximum absolute atomic E-state index is 14.2. The number of hydrogen-bond donors (Lipinski definition) is 2. The molecule has 308 valence electrons. The number of hydrogen-bond acceptors (Lipinski definition) is 9. The zero-order valence-electron chi connectivity index (χ0n) is 35.0. The Balaban J connectivity index is 1.61. The Bertz CT molecular complexity index is 2020. The van der Waals surface area contributed by atoms with Crippen molar-refractivity contribution in [3.8, 4) is 0 Å². The van der Waals surface area contributed by atoms with Crippen LogP contribution in [0.15, 0.2) is 121 Å². The van der Waals surface area contributed by atoms with E-state index in [2.05, 4.69) is 10.6 Å². The lowest BCUT2D eigenvalue weighted by molar-refractivity contribution is -0.178. The van der Waals surface area contributed by atoms with Crippen LogP contribution in [-0.4, -0.2) is 46.4 Å². The van der Waals surface area contributed by atoms with Crippen molar-refractivity contribution in [1.29, 1.82) is 0 Å². The Hall–Kier alpha value is -5.22. The fraction of sp³-hybridized carbons (Fsp3) is 0.356. The van der Waals surface area contributed by atoms with Crippen LogP contribution in [0.2, 0.25) is 36.3 Å². The summed E-state index contributed by atoms with van der Waals surface area (Å²) >= 11 is 0. The minimum absolute atomic E-state index is 0.220. The molecule has 0 aliphatic rings. The van der Waals surface area contributed by atoms with E-state index in [1.54, 1.807) is 115 Å². The van der Waals surface area contributed by atoms with Gasteiger partial charge in [-0.05, 0) is 47.4 Å². The van der Waals surface area contributed by atoms with Gasteiger partial charge in [0.05, 0.1) is 0 Å². The van der Waals surface area contributed by atoms with Crippen molar-refractivity contribution in [2.45, 2.75) is 102 Å². The Labute approximate surface area is 344 Å². The Kier molecular flexibility index (Phi) is 14.9. The lowest BCUT2D eigenvalue weighted by Crippen LogP contribution is -2.49. The van der Waals surface area contributed by atoms with Crippen LogP contribution in [0.25, 0.3) is 0 Å². The maximum atomic E-state index is 14.2. The first-order valence-corrected chi connectivity index (χ1v) is 25.0. The van der Waals surface area contributed by atoms with E-state index in [0.29, 0.717) is 11.1 Å². The molecule has 0 aliphatic heterocycles. The van der Waals surface area contributed by atoms with Crippen LogP contribution in [0.1, 0.15) is 88.2 Å². The second kappa shape index (κ2) is 19.0. The SMILES string of the molecule is CC(C)(C)[Si](C)(C)O[C@H](C(=O)NC(=O)NC(=O)[C@@H](OC(=O)[C@@H](OC(=O)[C@@H](O[Si](C)(C)C(C)(C)C)c1ccccc1)c1ccccc1)c1ccccc1)c1ccccc1. The van der Waals surface area contributed by atoms with E-state index in [1.807, 2.05) is 73.8 Å². The second-order valence-corrected chi connectivity index (χ2v) is 26.6. The van der Waals surface area contributed by atoms with E-state index in [1.165, 1.54) is 0 Å². The van der Waals surface area contributed by atoms with Crippen LogP contribution in [0.4, 0.5) is 4.79 Å². The third-order valence-electron chi connectivity index (χ3n) is 10.7. The van der Waals surface area contributed by atoms with Crippen molar-refractivity contribution in [3.63, 3.8) is 0 Å². The Morgan fingerprint density at radius 2 is 0.707 bits per heavy atom. The molecule has 0 radical (unpaired) electrons. The van der Waals surface area contributed by atoms with E-state index >= 15 is 0 Å². The van der Waals surface area contributed by atoms with Gasteiger partial charge >= 0.3 is 18.0 Å². The minimum Gasteiger partial charge on any atom is -0.444 e. The van der Waals surface area contributed by atoms with Crippen LogP contribution in [0, 0.1) is 0 Å². The molecule has 0 saturated heterocycles. The van der Waals surface area contributed by atoms with Crippen molar-refractivity contribution in [2.75, 3.05) is 0 Å². The first-order valence-electron chi connectivity index (χ1n) is 19.2. The molecule has 0 aromatic heterocycles. The molecule has 0 fully saturated rings. The molecule has 4 rings (SSSR count). The lowest BCUT2D eigenvalue weighted by atomic mass is 10.1. The maximum Gasteiger partial charge on any atom is 0.353 e. The van der Waals surface area contributed by atoms with Crippen molar-refractivity contribution in [1.82, 2.24) is 10.6 Å². The highest BCUT2D eigenvalue weighted by Gasteiger charge is 2.44. The highest BCUT2D eigenvalue weighted by molar-refractivity contribution is 6.74. The van der Waals surface area contributed by atoms with Gasteiger partial charge in [0.1, 0.15) is 0 Å². The smallest absolute Gasteiger partial charge is 0.353 e. The molecule has 11 nitrogen and oxygen atoms in total. The van der Waals surface area contributed by atoms with Crippen LogP contribution in [0.5, 0.6) is 0 Å². The quantitative estimate of drug-likeness (QED) is 0.0938. The number of ether oxygens (including phenoxy) is 2. The molecule has 2 N–H and O–H groups in total. The first kappa shape index (κ1) is 45.5. The average molecular weight is 825 g/mol. The van der Waals surface area contributed by atoms with E-state index in [4.69, 9.17) is 18.3 Å². The Morgan fingerprint density at radius 1 is 0.431 bits per heavy atom. The molecule has 0 unspecified atom stereocenters. The molecule has 13 heteroatoms. The monoisotopic (exact) mass is 824 g/mol. The van der Waals surface area contributed by atoms with Gasteiger partial charge in [0, 0.05) is 11.1 Å². The summed E-state index contributed by atoms with van der Waals surface area (Å²) in [7, 11) is -5.10. The summed E-state index contributed by atoms with van der Waals surface area (Å²) in [4.78, 5) is 69.3. The molecule has 4 atom stereocenters. The molecule has 0 saturated carbocycles. The number of carbonyl (C=O) groups excluding carboxylic acids is 5. The first-order chi connectivity index (χ1) is 27.1. The van der Waals surface area contributed by atoms with Gasteiger partial charge in [-0.1, -0.05) is 163 Å². The highest BCUT2D eigenvalue weighted by atomic mass is 28.4. The number of rotatable bonds is 14.